The van der Waals surface area contributed by atoms with Crippen LogP contribution in [0.15, 0.2) is 65.1 Å². The summed E-state index contributed by atoms with van der Waals surface area (Å²) >= 11 is 0. The lowest BCUT2D eigenvalue weighted by Crippen LogP contribution is -2.12. The van der Waals surface area contributed by atoms with Gasteiger partial charge >= 0.3 is 0 Å². The van der Waals surface area contributed by atoms with Gasteiger partial charge in [-0.3, -0.25) is 15.2 Å². The molecule has 0 radical (unpaired) electrons. The number of H-pyrrole nitrogens is 1. The fourth-order valence-corrected chi connectivity index (χ4v) is 2.85. The van der Waals surface area contributed by atoms with E-state index in [0.29, 0.717) is 34.2 Å². The molecule has 9 heteroatoms. The number of hydrogen-bond acceptors (Lipinski definition) is 7. The van der Waals surface area contributed by atoms with Crippen LogP contribution in [0.2, 0.25) is 0 Å². The second-order valence-corrected chi connectivity index (χ2v) is 6.32. The average molecular weight is 415 g/mol. The lowest BCUT2D eigenvalue weighted by atomic mass is 10.2. The van der Waals surface area contributed by atoms with Crippen LogP contribution in [0.4, 0.5) is 5.95 Å². The van der Waals surface area contributed by atoms with Gasteiger partial charge in [0.15, 0.2) is 11.6 Å². The summed E-state index contributed by atoms with van der Waals surface area (Å²) in [6, 6.07) is 19.4. The van der Waals surface area contributed by atoms with E-state index in [9.17, 15) is 4.79 Å². The first-order valence-electron chi connectivity index (χ1n) is 9.25. The monoisotopic (exact) mass is 415 g/mol. The number of anilines is 1. The van der Waals surface area contributed by atoms with Gasteiger partial charge in [-0.25, -0.2) is 0 Å². The number of aromatic amines is 1. The van der Waals surface area contributed by atoms with Crippen molar-refractivity contribution in [1.29, 1.82) is 5.26 Å². The predicted molar refractivity (Wildman–Crippen MR) is 111 cm³/mol. The van der Waals surface area contributed by atoms with E-state index >= 15 is 0 Å². The van der Waals surface area contributed by atoms with Gasteiger partial charge < -0.3 is 13.9 Å². The van der Waals surface area contributed by atoms with Crippen LogP contribution in [0.5, 0.6) is 11.5 Å². The molecule has 31 heavy (non-hydrogen) atoms. The summed E-state index contributed by atoms with van der Waals surface area (Å²) in [5.74, 6) is 1.63. The van der Waals surface area contributed by atoms with Gasteiger partial charge in [-0.15, -0.1) is 5.10 Å². The molecule has 0 fully saturated rings. The number of carbonyl (C=O) groups excluding carboxylic acids is 1. The number of ether oxygens (including phenoxy) is 2. The highest BCUT2D eigenvalue weighted by Gasteiger charge is 2.16. The van der Waals surface area contributed by atoms with Crippen LogP contribution < -0.4 is 14.8 Å². The van der Waals surface area contributed by atoms with Gasteiger partial charge in [0.05, 0.1) is 18.2 Å². The number of benzene rings is 2. The van der Waals surface area contributed by atoms with E-state index < -0.39 is 5.91 Å². The summed E-state index contributed by atoms with van der Waals surface area (Å²) < 4.78 is 16.5. The summed E-state index contributed by atoms with van der Waals surface area (Å²) in [7, 11) is 1.56. The van der Waals surface area contributed by atoms with Gasteiger partial charge in [0.25, 0.3) is 5.91 Å². The molecule has 0 aliphatic rings. The van der Waals surface area contributed by atoms with Crippen LogP contribution >= 0.6 is 0 Å². The molecule has 0 saturated carbocycles. The highest BCUT2D eigenvalue weighted by atomic mass is 16.5. The SMILES string of the molecule is COc1ccccc1-c1nc(NC(=O)c2ccc(COc3ccccc3C#N)o2)n[nH]1. The van der Waals surface area contributed by atoms with Gasteiger partial charge in [-0.1, -0.05) is 24.3 Å². The highest BCUT2D eigenvalue weighted by Crippen LogP contribution is 2.27. The number of methoxy groups -OCH3 is 1. The van der Waals surface area contributed by atoms with Gasteiger partial charge in [0, 0.05) is 0 Å². The van der Waals surface area contributed by atoms with Crippen molar-refractivity contribution < 1.29 is 18.7 Å². The predicted octanol–water partition coefficient (Wildman–Crippen LogP) is 3.78. The Bertz CT molecular complexity index is 1250. The topological polar surface area (TPSA) is 126 Å². The molecular formula is C22H17N5O4. The number of rotatable bonds is 7. The van der Waals surface area contributed by atoms with Gasteiger partial charge in [-0.2, -0.15) is 10.2 Å². The Morgan fingerprint density at radius 3 is 2.71 bits per heavy atom. The number of para-hydroxylation sites is 2. The molecule has 9 nitrogen and oxygen atoms in total. The molecule has 0 bridgehead atoms. The number of hydrogen-bond donors (Lipinski definition) is 2. The molecule has 2 aromatic carbocycles. The van der Waals surface area contributed by atoms with Crippen LogP contribution in [0.3, 0.4) is 0 Å². The molecule has 4 rings (SSSR count). The van der Waals surface area contributed by atoms with Crippen molar-refractivity contribution in [2.45, 2.75) is 6.61 Å². The number of nitrogens with one attached hydrogen (secondary N) is 2. The molecule has 0 atom stereocenters. The van der Waals surface area contributed by atoms with Crippen LogP contribution in [0.25, 0.3) is 11.4 Å². The summed E-state index contributed by atoms with van der Waals surface area (Å²) in [4.78, 5) is 16.7. The van der Waals surface area contributed by atoms with E-state index in [2.05, 4.69) is 26.6 Å². The van der Waals surface area contributed by atoms with Crippen LogP contribution in [0.1, 0.15) is 21.9 Å². The quantitative estimate of drug-likeness (QED) is 0.470. The van der Waals surface area contributed by atoms with Gasteiger partial charge in [0.2, 0.25) is 5.95 Å². The maximum Gasteiger partial charge on any atom is 0.293 e. The zero-order chi connectivity index (χ0) is 21.6. The molecule has 0 saturated heterocycles. The lowest BCUT2D eigenvalue weighted by Gasteiger charge is -2.05. The lowest BCUT2D eigenvalue weighted by molar-refractivity contribution is 0.0991. The largest absolute Gasteiger partial charge is 0.496 e. The summed E-state index contributed by atoms with van der Waals surface area (Å²) in [5, 5.41) is 18.5. The van der Waals surface area contributed by atoms with Crippen molar-refractivity contribution in [2.24, 2.45) is 0 Å². The fourth-order valence-electron chi connectivity index (χ4n) is 2.85. The number of nitriles is 1. The molecule has 2 heterocycles. The highest BCUT2D eigenvalue weighted by molar-refractivity contribution is 6.01. The summed E-state index contributed by atoms with van der Waals surface area (Å²) in [6.07, 6.45) is 0. The third kappa shape index (κ3) is 4.38. The maximum atomic E-state index is 12.5. The van der Waals surface area contributed by atoms with Crippen molar-refractivity contribution in [1.82, 2.24) is 15.2 Å². The van der Waals surface area contributed by atoms with Gasteiger partial charge in [0.1, 0.15) is 29.9 Å². The van der Waals surface area contributed by atoms with E-state index in [-0.39, 0.29) is 18.3 Å². The second kappa shape index (κ2) is 8.84. The van der Waals surface area contributed by atoms with Crippen molar-refractivity contribution in [3.8, 4) is 29.0 Å². The van der Waals surface area contributed by atoms with E-state index in [1.807, 2.05) is 18.2 Å². The summed E-state index contributed by atoms with van der Waals surface area (Å²) in [5.41, 5.74) is 1.13. The maximum absolute atomic E-state index is 12.5. The fraction of sp³-hybridized carbons (Fsp3) is 0.0909. The van der Waals surface area contributed by atoms with Crippen LogP contribution in [-0.2, 0) is 6.61 Å². The minimum atomic E-state index is -0.505. The Kier molecular flexibility index (Phi) is 5.62. The standard InChI is InChI=1S/C22H17N5O4/c1-29-18-9-5-3-7-16(18)20-24-22(27-26-20)25-21(28)19-11-10-15(31-19)13-30-17-8-4-2-6-14(17)12-23/h2-11H,13H2,1H3,(H2,24,25,26,27,28). The van der Waals surface area contributed by atoms with Crippen molar-refractivity contribution >= 4 is 11.9 Å². The molecule has 1 amide bonds. The minimum absolute atomic E-state index is 0.0740. The van der Waals surface area contributed by atoms with Crippen molar-refractivity contribution in [3.63, 3.8) is 0 Å². The summed E-state index contributed by atoms with van der Waals surface area (Å²) in [6.45, 7) is 0.0740. The van der Waals surface area contributed by atoms with E-state index in [1.54, 1.807) is 43.5 Å². The molecular weight excluding hydrogens is 398 g/mol. The normalized spacial score (nSPS) is 10.3. The molecule has 154 valence electrons. The minimum Gasteiger partial charge on any atom is -0.496 e. The van der Waals surface area contributed by atoms with Crippen molar-refractivity contribution in [3.05, 3.63) is 77.7 Å². The van der Waals surface area contributed by atoms with Crippen LogP contribution in [0, 0.1) is 11.3 Å². The third-order valence-corrected chi connectivity index (χ3v) is 4.34. The average Bonchev–Trinajstić information content (AvgIpc) is 3.47. The number of carbonyl (C=O) groups is 1. The second-order valence-electron chi connectivity index (χ2n) is 6.32. The Morgan fingerprint density at radius 1 is 1.13 bits per heavy atom. The van der Waals surface area contributed by atoms with Crippen LogP contribution in [-0.4, -0.2) is 28.2 Å². The molecule has 2 N–H and O–H groups in total. The number of aromatic nitrogens is 3. The van der Waals surface area contributed by atoms with E-state index in [1.165, 1.54) is 6.07 Å². The Morgan fingerprint density at radius 2 is 1.90 bits per heavy atom. The van der Waals surface area contributed by atoms with E-state index in [4.69, 9.17) is 19.2 Å². The smallest absolute Gasteiger partial charge is 0.293 e. The number of nitrogens with zero attached hydrogens (tertiary/aromatic N) is 3. The third-order valence-electron chi connectivity index (χ3n) is 4.34. The first-order valence-corrected chi connectivity index (χ1v) is 9.25. The Balaban J connectivity index is 1.41. The molecule has 0 aliphatic carbocycles. The molecule has 4 aromatic rings. The molecule has 0 aliphatic heterocycles. The zero-order valence-electron chi connectivity index (χ0n) is 16.5. The molecule has 0 spiro atoms. The number of amides is 1. The number of furan rings is 1. The zero-order valence-corrected chi connectivity index (χ0v) is 16.5. The first kappa shape index (κ1) is 19.7. The Hall–Kier alpha value is -4.58. The van der Waals surface area contributed by atoms with E-state index in [0.717, 1.165) is 0 Å². The Labute approximate surface area is 177 Å². The molecule has 2 aromatic heterocycles. The van der Waals surface area contributed by atoms with Gasteiger partial charge in [-0.05, 0) is 36.4 Å². The molecule has 0 unspecified atom stereocenters. The first-order chi connectivity index (χ1) is 15.2. The van der Waals surface area contributed by atoms with Crippen molar-refractivity contribution in [2.75, 3.05) is 12.4 Å².